The van der Waals surface area contributed by atoms with Crippen LogP contribution in [0.15, 0.2) is 59.5 Å². The second-order valence-electron chi connectivity index (χ2n) is 5.92. The Labute approximate surface area is 142 Å². The van der Waals surface area contributed by atoms with E-state index in [9.17, 15) is 8.42 Å². The number of hydrogen-bond donors (Lipinski definition) is 1. The van der Waals surface area contributed by atoms with Gasteiger partial charge in [-0.1, -0.05) is 42.5 Å². The van der Waals surface area contributed by atoms with Crippen LogP contribution in [0, 0.1) is 0 Å². The lowest BCUT2D eigenvalue weighted by atomic mass is 9.97. The molecule has 1 fully saturated rings. The molecule has 0 amide bonds. The Morgan fingerprint density at radius 3 is 2.48 bits per heavy atom. The zero-order chi connectivity index (χ0) is 16.3. The molecule has 1 saturated heterocycles. The lowest BCUT2D eigenvalue weighted by molar-refractivity contribution is 0.505. The Kier molecular flexibility index (Phi) is 5.09. The van der Waals surface area contributed by atoms with E-state index in [1.807, 2.05) is 42.1 Å². The standard InChI is InChI=1S/C18H21NO2S2/c1-23(20,21)17-9-5-8-15(12-17)18(14-6-3-2-4-7-14)19-16-10-11-22-13-16/h2-9,12,16,18-19H,10-11,13H2,1H3/t16-,18+/m0/s1. The normalized spacial score (nSPS) is 19.6. The Morgan fingerprint density at radius 1 is 1.09 bits per heavy atom. The molecule has 1 aliphatic rings. The maximum atomic E-state index is 11.9. The van der Waals surface area contributed by atoms with Gasteiger partial charge in [0.2, 0.25) is 0 Å². The van der Waals surface area contributed by atoms with Gasteiger partial charge in [0.25, 0.3) is 0 Å². The van der Waals surface area contributed by atoms with Gasteiger partial charge < -0.3 is 5.32 Å². The zero-order valence-electron chi connectivity index (χ0n) is 13.1. The molecule has 0 spiro atoms. The molecule has 0 aliphatic carbocycles. The van der Waals surface area contributed by atoms with Crippen LogP contribution in [0.4, 0.5) is 0 Å². The molecule has 0 unspecified atom stereocenters. The van der Waals surface area contributed by atoms with E-state index in [0.717, 1.165) is 23.3 Å². The molecule has 1 aliphatic heterocycles. The fourth-order valence-corrected chi connectivity index (χ4v) is 4.70. The molecular formula is C18H21NO2S2. The first-order valence-corrected chi connectivity index (χ1v) is 10.8. The van der Waals surface area contributed by atoms with E-state index in [2.05, 4.69) is 17.4 Å². The minimum absolute atomic E-state index is 0.0154. The van der Waals surface area contributed by atoms with Crippen molar-refractivity contribution in [2.75, 3.05) is 17.8 Å². The fraction of sp³-hybridized carbons (Fsp3) is 0.333. The molecule has 3 rings (SSSR count). The molecular weight excluding hydrogens is 326 g/mol. The topological polar surface area (TPSA) is 46.2 Å². The van der Waals surface area contributed by atoms with Gasteiger partial charge in [0, 0.05) is 18.1 Å². The van der Waals surface area contributed by atoms with E-state index in [0.29, 0.717) is 10.9 Å². The molecule has 2 aromatic carbocycles. The first-order chi connectivity index (χ1) is 11.0. The van der Waals surface area contributed by atoms with Crippen LogP contribution in [0.2, 0.25) is 0 Å². The van der Waals surface area contributed by atoms with Crippen LogP contribution in [0.25, 0.3) is 0 Å². The first-order valence-electron chi connectivity index (χ1n) is 7.73. The van der Waals surface area contributed by atoms with Gasteiger partial charge in [-0.05, 0) is 35.4 Å². The highest BCUT2D eigenvalue weighted by molar-refractivity contribution is 7.99. The highest BCUT2D eigenvalue weighted by Crippen LogP contribution is 2.27. The summed E-state index contributed by atoms with van der Waals surface area (Å²) in [7, 11) is -3.20. The third-order valence-corrected chi connectivity index (χ3v) is 6.36. The summed E-state index contributed by atoms with van der Waals surface area (Å²) in [6, 6.07) is 18.0. The summed E-state index contributed by atoms with van der Waals surface area (Å²) in [6.45, 7) is 0. The van der Waals surface area contributed by atoms with Crippen LogP contribution >= 0.6 is 11.8 Å². The van der Waals surface area contributed by atoms with Crippen molar-refractivity contribution in [3.63, 3.8) is 0 Å². The van der Waals surface area contributed by atoms with Crippen molar-refractivity contribution in [3.05, 3.63) is 65.7 Å². The van der Waals surface area contributed by atoms with Gasteiger partial charge in [0.1, 0.15) is 0 Å². The molecule has 3 nitrogen and oxygen atoms in total. The summed E-state index contributed by atoms with van der Waals surface area (Å²) in [5, 5.41) is 3.71. The molecule has 0 radical (unpaired) electrons. The Morgan fingerprint density at radius 2 is 1.83 bits per heavy atom. The SMILES string of the molecule is CS(=O)(=O)c1cccc([C@H](N[C@H]2CCSC2)c2ccccc2)c1. The summed E-state index contributed by atoms with van der Waals surface area (Å²) < 4.78 is 23.7. The summed E-state index contributed by atoms with van der Waals surface area (Å²) in [5.74, 6) is 2.29. The molecule has 0 saturated carbocycles. The van der Waals surface area contributed by atoms with Crippen molar-refractivity contribution in [2.24, 2.45) is 0 Å². The van der Waals surface area contributed by atoms with Crippen molar-refractivity contribution < 1.29 is 8.42 Å². The minimum Gasteiger partial charge on any atom is -0.303 e. The molecule has 5 heteroatoms. The molecule has 1 heterocycles. The van der Waals surface area contributed by atoms with Crippen LogP contribution in [-0.4, -0.2) is 32.2 Å². The van der Waals surface area contributed by atoms with Crippen LogP contribution in [-0.2, 0) is 9.84 Å². The van der Waals surface area contributed by atoms with Gasteiger partial charge in [-0.25, -0.2) is 8.42 Å². The van der Waals surface area contributed by atoms with Gasteiger partial charge in [0.15, 0.2) is 9.84 Å². The van der Waals surface area contributed by atoms with E-state index < -0.39 is 9.84 Å². The first kappa shape index (κ1) is 16.6. The number of benzene rings is 2. The minimum atomic E-state index is -3.20. The molecule has 0 bridgehead atoms. The number of nitrogens with one attached hydrogen (secondary N) is 1. The van der Waals surface area contributed by atoms with Crippen LogP contribution in [0.3, 0.4) is 0 Å². The van der Waals surface area contributed by atoms with Gasteiger partial charge in [0.05, 0.1) is 10.9 Å². The summed E-state index contributed by atoms with van der Waals surface area (Å²) in [6.07, 6.45) is 2.41. The van der Waals surface area contributed by atoms with Crippen molar-refractivity contribution in [3.8, 4) is 0 Å². The third kappa shape index (κ3) is 4.16. The lowest BCUT2D eigenvalue weighted by Crippen LogP contribution is -2.33. The van der Waals surface area contributed by atoms with Crippen molar-refractivity contribution in [2.45, 2.75) is 23.4 Å². The van der Waals surface area contributed by atoms with Crippen molar-refractivity contribution in [1.82, 2.24) is 5.32 Å². The molecule has 0 aromatic heterocycles. The maximum absolute atomic E-state index is 11.9. The number of thioether (sulfide) groups is 1. The average Bonchev–Trinajstić information content (AvgIpc) is 3.06. The molecule has 23 heavy (non-hydrogen) atoms. The quantitative estimate of drug-likeness (QED) is 0.902. The summed E-state index contributed by atoms with van der Waals surface area (Å²) in [4.78, 5) is 0.374. The fourth-order valence-electron chi connectivity index (χ4n) is 2.86. The molecule has 2 atom stereocenters. The van der Waals surface area contributed by atoms with E-state index in [1.165, 1.54) is 12.0 Å². The van der Waals surface area contributed by atoms with Crippen molar-refractivity contribution in [1.29, 1.82) is 0 Å². The average molecular weight is 348 g/mol. The highest BCUT2D eigenvalue weighted by atomic mass is 32.2. The predicted octanol–water partition coefficient (Wildman–Crippen LogP) is 3.27. The monoisotopic (exact) mass is 347 g/mol. The van der Waals surface area contributed by atoms with Gasteiger partial charge >= 0.3 is 0 Å². The predicted molar refractivity (Wildman–Crippen MR) is 96.7 cm³/mol. The van der Waals surface area contributed by atoms with Gasteiger partial charge in [-0.3, -0.25) is 0 Å². The van der Waals surface area contributed by atoms with Crippen LogP contribution in [0.5, 0.6) is 0 Å². The Balaban J connectivity index is 1.97. The highest BCUT2D eigenvalue weighted by Gasteiger charge is 2.22. The molecule has 2 aromatic rings. The van der Waals surface area contributed by atoms with E-state index in [-0.39, 0.29) is 6.04 Å². The smallest absolute Gasteiger partial charge is 0.175 e. The molecule has 1 N–H and O–H groups in total. The van der Waals surface area contributed by atoms with Crippen LogP contribution in [0.1, 0.15) is 23.6 Å². The van der Waals surface area contributed by atoms with E-state index in [4.69, 9.17) is 0 Å². The Bertz CT molecular complexity index is 754. The lowest BCUT2D eigenvalue weighted by Gasteiger charge is -2.24. The van der Waals surface area contributed by atoms with E-state index >= 15 is 0 Å². The number of rotatable bonds is 5. The largest absolute Gasteiger partial charge is 0.303 e. The van der Waals surface area contributed by atoms with Gasteiger partial charge in [-0.2, -0.15) is 11.8 Å². The second kappa shape index (κ2) is 7.07. The van der Waals surface area contributed by atoms with Crippen molar-refractivity contribution >= 4 is 21.6 Å². The van der Waals surface area contributed by atoms with E-state index in [1.54, 1.807) is 12.1 Å². The second-order valence-corrected chi connectivity index (χ2v) is 9.08. The Hall–Kier alpha value is -1.30. The third-order valence-electron chi connectivity index (χ3n) is 4.08. The maximum Gasteiger partial charge on any atom is 0.175 e. The number of sulfone groups is 1. The van der Waals surface area contributed by atoms with Crippen LogP contribution < -0.4 is 5.32 Å². The zero-order valence-corrected chi connectivity index (χ0v) is 14.7. The van der Waals surface area contributed by atoms with Gasteiger partial charge in [-0.15, -0.1) is 0 Å². The molecule has 122 valence electrons. The summed E-state index contributed by atoms with van der Waals surface area (Å²) in [5.41, 5.74) is 2.16. The number of hydrogen-bond acceptors (Lipinski definition) is 4. The summed E-state index contributed by atoms with van der Waals surface area (Å²) >= 11 is 1.96.